The molecule has 0 bridgehead atoms. The van der Waals surface area contributed by atoms with E-state index in [1.54, 1.807) is 30.3 Å². The van der Waals surface area contributed by atoms with E-state index in [-0.39, 0.29) is 5.82 Å². The van der Waals surface area contributed by atoms with Gasteiger partial charge in [0.1, 0.15) is 5.82 Å². The van der Waals surface area contributed by atoms with Gasteiger partial charge in [-0.15, -0.1) is 0 Å². The lowest BCUT2D eigenvalue weighted by Crippen LogP contribution is -2.02. The summed E-state index contributed by atoms with van der Waals surface area (Å²) in [7, 11) is 0. The van der Waals surface area contributed by atoms with E-state index in [1.807, 2.05) is 0 Å². The van der Waals surface area contributed by atoms with Crippen LogP contribution in [0.1, 0.15) is 5.56 Å². The van der Waals surface area contributed by atoms with Crippen molar-refractivity contribution in [3.63, 3.8) is 0 Å². The third-order valence-electron chi connectivity index (χ3n) is 2.43. The van der Waals surface area contributed by atoms with Gasteiger partial charge < -0.3 is 5.32 Å². The predicted octanol–water partition coefficient (Wildman–Crippen LogP) is 5.51. The van der Waals surface area contributed by atoms with E-state index in [1.165, 1.54) is 6.07 Å². The Balaban J connectivity index is 2.19. The number of para-hydroxylation sites is 1. The SMILES string of the molecule is Fc1ccc(Br)cc1CNc1c(Cl)cccc1Cl. The van der Waals surface area contributed by atoms with Gasteiger partial charge in [-0.05, 0) is 30.3 Å². The molecule has 5 heteroatoms. The summed E-state index contributed by atoms with van der Waals surface area (Å²) in [6.45, 7) is 0.314. The average Bonchev–Trinajstić information content (AvgIpc) is 2.33. The largest absolute Gasteiger partial charge is 0.378 e. The van der Waals surface area contributed by atoms with E-state index < -0.39 is 0 Å². The quantitative estimate of drug-likeness (QED) is 0.771. The summed E-state index contributed by atoms with van der Waals surface area (Å²) in [4.78, 5) is 0. The van der Waals surface area contributed by atoms with Crippen molar-refractivity contribution in [2.24, 2.45) is 0 Å². The van der Waals surface area contributed by atoms with Crippen LogP contribution in [0, 0.1) is 5.82 Å². The molecule has 18 heavy (non-hydrogen) atoms. The number of rotatable bonds is 3. The average molecular weight is 349 g/mol. The molecule has 0 aromatic heterocycles. The highest BCUT2D eigenvalue weighted by Crippen LogP contribution is 2.30. The maximum absolute atomic E-state index is 13.5. The molecule has 0 radical (unpaired) electrons. The second kappa shape index (κ2) is 5.91. The summed E-state index contributed by atoms with van der Waals surface area (Å²) >= 11 is 15.3. The molecule has 2 aromatic rings. The molecule has 0 saturated heterocycles. The minimum Gasteiger partial charge on any atom is -0.378 e. The lowest BCUT2D eigenvalue weighted by atomic mass is 10.2. The van der Waals surface area contributed by atoms with Gasteiger partial charge in [-0.2, -0.15) is 0 Å². The van der Waals surface area contributed by atoms with Crippen LogP contribution < -0.4 is 5.32 Å². The number of hydrogen-bond donors (Lipinski definition) is 1. The van der Waals surface area contributed by atoms with Crippen molar-refractivity contribution in [1.29, 1.82) is 0 Å². The van der Waals surface area contributed by atoms with E-state index in [0.717, 1.165) is 4.47 Å². The van der Waals surface area contributed by atoms with Crippen LogP contribution in [0.25, 0.3) is 0 Å². The minimum absolute atomic E-state index is 0.270. The molecule has 0 amide bonds. The second-order valence-corrected chi connectivity index (χ2v) is 5.42. The fraction of sp³-hybridized carbons (Fsp3) is 0.0769. The minimum atomic E-state index is -0.270. The Kier molecular flexibility index (Phi) is 4.49. The first-order valence-corrected chi connectivity index (χ1v) is 6.74. The summed E-state index contributed by atoms with van der Waals surface area (Å²) in [5.41, 5.74) is 1.15. The Bertz CT molecular complexity index is 555. The third kappa shape index (κ3) is 3.16. The molecule has 94 valence electrons. The van der Waals surface area contributed by atoms with Gasteiger partial charge >= 0.3 is 0 Å². The molecule has 0 aliphatic carbocycles. The molecule has 0 spiro atoms. The van der Waals surface area contributed by atoms with Crippen molar-refractivity contribution in [1.82, 2.24) is 0 Å². The highest BCUT2D eigenvalue weighted by Gasteiger charge is 2.07. The van der Waals surface area contributed by atoms with Crippen LogP contribution in [0.3, 0.4) is 0 Å². The van der Waals surface area contributed by atoms with Crippen molar-refractivity contribution in [2.75, 3.05) is 5.32 Å². The summed E-state index contributed by atoms with van der Waals surface area (Å²) in [6, 6.07) is 10.00. The molecule has 0 heterocycles. The van der Waals surface area contributed by atoms with Gasteiger partial charge in [-0.1, -0.05) is 45.2 Å². The zero-order valence-corrected chi connectivity index (χ0v) is 12.3. The number of hydrogen-bond acceptors (Lipinski definition) is 1. The topological polar surface area (TPSA) is 12.0 Å². The van der Waals surface area contributed by atoms with Crippen LogP contribution in [-0.4, -0.2) is 0 Å². The number of halogens is 4. The zero-order valence-electron chi connectivity index (χ0n) is 9.18. The molecule has 1 N–H and O–H groups in total. The first-order valence-electron chi connectivity index (χ1n) is 5.20. The highest BCUT2D eigenvalue weighted by atomic mass is 79.9. The molecular formula is C13H9BrCl2FN. The van der Waals surface area contributed by atoms with E-state index in [9.17, 15) is 4.39 Å². The zero-order chi connectivity index (χ0) is 13.1. The van der Waals surface area contributed by atoms with Gasteiger partial charge in [-0.25, -0.2) is 4.39 Å². The number of nitrogens with one attached hydrogen (secondary N) is 1. The van der Waals surface area contributed by atoms with Gasteiger partial charge in [0.15, 0.2) is 0 Å². The molecule has 0 atom stereocenters. The lowest BCUT2D eigenvalue weighted by molar-refractivity contribution is 0.612. The maximum Gasteiger partial charge on any atom is 0.128 e. The van der Waals surface area contributed by atoms with Crippen molar-refractivity contribution >= 4 is 44.8 Å². The standard InChI is InChI=1S/C13H9BrCl2FN/c14-9-4-5-12(17)8(6-9)7-18-13-10(15)2-1-3-11(13)16/h1-6,18H,7H2. The molecular weight excluding hydrogens is 340 g/mol. The Morgan fingerprint density at radius 2 is 1.78 bits per heavy atom. The Labute approximate surface area is 123 Å². The van der Waals surface area contributed by atoms with Crippen LogP contribution in [0.15, 0.2) is 40.9 Å². The lowest BCUT2D eigenvalue weighted by Gasteiger charge is -2.11. The summed E-state index contributed by atoms with van der Waals surface area (Å²) in [6.07, 6.45) is 0. The first kappa shape index (κ1) is 13.7. The van der Waals surface area contributed by atoms with Gasteiger partial charge in [0.25, 0.3) is 0 Å². The smallest absolute Gasteiger partial charge is 0.128 e. The van der Waals surface area contributed by atoms with E-state index >= 15 is 0 Å². The summed E-state index contributed by atoms with van der Waals surface area (Å²) in [5, 5.41) is 4.06. The fourth-order valence-electron chi connectivity index (χ4n) is 1.53. The molecule has 0 unspecified atom stereocenters. The number of anilines is 1. The van der Waals surface area contributed by atoms with Gasteiger partial charge in [0, 0.05) is 16.6 Å². The summed E-state index contributed by atoms with van der Waals surface area (Å²) in [5.74, 6) is -0.270. The monoisotopic (exact) mass is 347 g/mol. The van der Waals surface area contributed by atoms with E-state index in [4.69, 9.17) is 23.2 Å². The van der Waals surface area contributed by atoms with Crippen LogP contribution in [0.4, 0.5) is 10.1 Å². The van der Waals surface area contributed by atoms with Crippen LogP contribution >= 0.6 is 39.1 Å². The Morgan fingerprint density at radius 3 is 2.44 bits per heavy atom. The maximum atomic E-state index is 13.5. The van der Waals surface area contributed by atoms with E-state index in [0.29, 0.717) is 27.8 Å². The van der Waals surface area contributed by atoms with Crippen LogP contribution in [-0.2, 0) is 6.54 Å². The molecule has 0 aliphatic heterocycles. The predicted molar refractivity (Wildman–Crippen MR) is 77.9 cm³/mol. The van der Waals surface area contributed by atoms with Crippen molar-refractivity contribution < 1.29 is 4.39 Å². The Hall–Kier alpha value is -0.770. The third-order valence-corrected chi connectivity index (χ3v) is 3.55. The van der Waals surface area contributed by atoms with Gasteiger partial charge in [0.2, 0.25) is 0 Å². The molecule has 0 fully saturated rings. The molecule has 1 nitrogen and oxygen atoms in total. The molecule has 0 saturated carbocycles. The molecule has 0 aliphatic rings. The normalized spacial score (nSPS) is 10.4. The number of benzene rings is 2. The van der Waals surface area contributed by atoms with Crippen molar-refractivity contribution in [3.05, 3.63) is 62.3 Å². The fourth-order valence-corrected chi connectivity index (χ4v) is 2.47. The summed E-state index contributed by atoms with van der Waals surface area (Å²) < 4.78 is 14.4. The molecule has 2 rings (SSSR count). The second-order valence-electron chi connectivity index (χ2n) is 3.69. The van der Waals surface area contributed by atoms with Crippen molar-refractivity contribution in [3.8, 4) is 0 Å². The van der Waals surface area contributed by atoms with Gasteiger partial charge in [0.05, 0.1) is 15.7 Å². The Morgan fingerprint density at radius 1 is 1.11 bits per heavy atom. The van der Waals surface area contributed by atoms with Crippen molar-refractivity contribution in [2.45, 2.75) is 6.54 Å². The van der Waals surface area contributed by atoms with Crippen LogP contribution in [0.5, 0.6) is 0 Å². The van der Waals surface area contributed by atoms with Gasteiger partial charge in [-0.3, -0.25) is 0 Å². The first-order chi connectivity index (χ1) is 8.58. The van der Waals surface area contributed by atoms with E-state index in [2.05, 4.69) is 21.2 Å². The van der Waals surface area contributed by atoms with Crippen LogP contribution in [0.2, 0.25) is 10.0 Å². The highest BCUT2D eigenvalue weighted by molar-refractivity contribution is 9.10. The molecule has 2 aromatic carbocycles.